The third kappa shape index (κ3) is 2.99. The molecular formula is C23H17F3N2. The van der Waals surface area contributed by atoms with Crippen LogP contribution in [0.2, 0.25) is 0 Å². The van der Waals surface area contributed by atoms with Crippen LogP contribution >= 0.6 is 0 Å². The SMILES string of the molecule is FC(F)(F)c1cccc(C(c2ccccc2)(c2ccccc2)n2ccnc2)c1. The van der Waals surface area contributed by atoms with E-state index in [0.29, 0.717) is 5.56 Å². The molecule has 0 aliphatic heterocycles. The van der Waals surface area contributed by atoms with Gasteiger partial charge in [-0.1, -0.05) is 72.8 Å². The van der Waals surface area contributed by atoms with Crippen LogP contribution < -0.4 is 0 Å². The van der Waals surface area contributed by atoms with E-state index in [-0.39, 0.29) is 0 Å². The summed E-state index contributed by atoms with van der Waals surface area (Å²) in [5.74, 6) is 0. The second kappa shape index (κ2) is 7.00. The molecule has 0 fully saturated rings. The number of benzene rings is 3. The maximum absolute atomic E-state index is 13.5. The number of nitrogens with zero attached hydrogens (tertiary/aromatic N) is 2. The van der Waals surface area contributed by atoms with Crippen molar-refractivity contribution in [3.63, 3.8) is 0 Å². The van der Waals surface area contributed by atoms with Gasteiger partial charge < -0.3 is 4.57 Å². The van der Waals surface area contributed by atoms with Gasteiger partial charge in [-0.25, -0.2) is 4.98 Å². The number of rotatable bonds is 4. The number of imidazole rings is 1. The van der Waals surface area contributed by atoms with E-state index < -0.39 is 17.3 Å². The second-order valence-electron chi connectivity index (χ2n) is 6.49. The Morgan fingerprint density at radius 2 is 1.18 bits per heavy atom. The highest BCUT2D eigenvalue weighted by molar-refractivity contribution is 5.51. The van der Waals surface area contributed by atoms with Crippen LogP contribution in [0.15, 0.2) is 104 Å². The first-order valence-electron chi connectivity index (χ1n) is 8.80. The van der Waals surface area contributed by atoms with E-state index in [1.54, 1.807) is 24.8 Å². The Labute approximate surface area is 160 Å². The fourth-order valence-corrected chi connectivity index (χ4v) is 3.68. The predicted molar refractivity (Wildman–Crippen MR) is 102 cm³/mol. The molecule has 4 aromatic rings. The second-order valence-corrected chi connectivity index (χ2v) is 6.49. The normalized spacial score (nSPS) is 12.1. The van der Waals surface area contributed by atoms with Crippen molar-refractivity contribution in [1.82, 2.24) is 9.55 Å². The average molecular weight is 378 g/mol. The number of halogens is 3. The number of aromatic nitrogens is 2. The standard InChI is InChI=1S/C23H17F3N2/c24-23(25,26)21-13-7-12-20(16-21)22(28-15-14-27-17-28,18-8-3-1-4-9-18)19-10-5-2-6-11-19/h1-17H. The maximum Gasteiger partial charge on any atom is 0.416 e. The van der Waals surface area contributed by atoms with E-state index in [9.17, 15) is 13.2 Å². The Kier molecular flexibility index (Phi) is 4.51. The zero-order valence-corrected chi connectivity index (χ0v) is 14.8. The first-order chi connectivity index (χ1) is 13.5. The van der Waals surface area contributed by atoms with Gasteiger partial charge in [-0.2, -0.15) is 13.2 Å². The van der Waals surface area contributed by atoms with Crippen LogP contribution in [0.3, 0.4) is 0 Å². The van der Waals surface area contributed by atoms with Crippen LogP contribution in [0.1, 0.15) is 22.3 Å². The molecule has 28 heavy (non-hydrogen) atoms. The largest absolute Gasteiger partial charge is 0.416 e. The van der Waals surface area contributed by atoms with Crippen molar-refractivity contribution in [2.45, 2.75) is 11.7 Å². The van der Waals surface area contributed by atoms with Gasteiger partial charge in [0.15, 0.2) is 0 Å². The van der Waals surface area contributed by atoms with Gasteiger partial charge in [0.1, 0.15) is 5.54 Å². The summed E-state index contributed by atoms with van der Waals surface area (Å²) < 4.78 is 42.3. The molecule has 3 aromatic carbocycles. The van der Waals surface area contributed by atoms with Crippen LogP contribution in [0.25, 0.3) is 0 Å². The molecule has 0 saturated heterocycles. The fraction of sp³-hybridized carbons (Fsp3) is 0.0870. The highest BCUT2D eigenvalue weighted by Crippen LogP contribution is 2.42. The number of hydrogen-bond donors (Lipinski definition) is 0. The molecule has 0 spiro atoms. The fourth-order valence-electron chi connectivity index (χ4n) is 3.68. The molecule has 0 atom stereocenters. The Bertz CT molecular complexity index is 1000. The van der Waals surface area contributed by atoms with E-state index in [1.165, 1.54) is 12.1 Å². The molecule has 0 bridgehead atoms. The van der Waals surface area contributed by atoms with E-state index in [0.717, 1.165) is 17.2 Å². The van der Waals surface area contributed by atoms with Crippen LogP contribution in [0.4, 0.5) is 13.2 Å². The zero-order chi connectivity index (χ0) is 19.6. The van der Waals surface area contributed by atoms with Crippen molar-refractivity contribution in [3.05, 3.63) is 126 Å². The van der Waals surface area contributed by atoms with E-state index in [1.807, 2.05) is 65.2 Å². The molecule has 0 unspecified atom stereocenters. The van der Waals surface area contributed by atoms with Crippen molar-refractivity contribution in [2.24, 2.45) is 0 Å². The van der Waals surface area contributed by atoms with Crippen LogP contribution in [-0.2, 0) is 11.7 Å². The zero-order valence-electron chi connectivity index (χ0n) is 14.8. The van der Waals surface area contributed by atoms with E-state index in [4.69, 9.17) is 0 Å². The molecule has 0 N–H and O–H groups in total. The molecule has 1 heterocycles. The lowest BCUT2D eigenvalue weighted by molar-refractivity contribution is -0.137. The van der Waals surface area contributed by atoms with Crippen LogP contribution in [-0.4, -0.2) is 9.55 Å². The number of hydrogen-bond acceptors (Lipinski definition) is 1. The van der Waals surface area contributed by atoms with Crippen molar-refractivity contribution < 1.29 is 13.2 Å². The molecule has 0 amide bonds. The van der Waals surface area contributed by atoms with Gasteiger partial charge in [-0.3, -0.25) is 0 Å². The lowest BCUT2D eigenvalue weighted by Gasteiger charge is -2.37. The smallest absolute Gasteiger partial charge is 0.319 e. The molecule has 4 rings (SSSR count). The summed E-state index contributed by atoms with van der Waals surface area (Å²) >= 11 is 0. The summed E-state index contributed by atoms with van der Waals surface area (Å²) in [6.45, 7) is 0. The minimum Gasteiger partial charge on any atom is -0.319 e. The van der Waals surface area contributed by atoms with Gasteiger partial charge >= 0.3 is 6.18 Å². The average Bonchev–Trinajstić information content (AvgIpc) is 3.25. The van der Waals surface area contributed by atoms with E-state index in [2.05, 4.69) is 4.98 Å². The molecule has 1 aromatic heterocycles. The summed E-state index contributed by atoms with van der Waals surface area (Å²) in [6.07, 6.45) is 0.624. The summed E-state index contributed by atoms with van der Waals surface area (Å²) in [5.41, 5.74) is 0.538. The van der Waals surface area contributed by atoms with Gasteiger partial charge in [0, 0.05) is 12.4 Å². The summed E-state index contributed by atoms with van der Waals surface area (Å²) in [4.78, 5) is 4.18. The molecular weight excluding hydrogens is 361 g/mol. The first kappa shape index (κ1) is 18.0. The Morgan fingerprint density at radius 1 is 0.643 bits per heavy atom. The van der Waals surface area contributed by atoms with Gasteiger partial charge in [0.25, 0.3) is 0 Å². The van der Waals surface area contributed by atoms with Gasteiger partial charge in [0.2, 0.25) is 0 Å². The van der Waals surface area contributed by atoms with Crippen LogP contribution in [0.5, 0.6) is 0 Å². The third-order valence-corrected chi connectivity index (χ3v) is 4.88. The van der Waals surface area contributed by atoms with Gasteiger partial charge in [-0.15, -0.1) is 0 Å². The summed E-state index contributed by atoms with van der Waals surface area (Å²) in [5, 5.41) is 0. The van der Waals surface area contributed by atoms with E-state index >= 15 is 0 Å². The quantitative estimate of drug-likeness (QED) is 0.414. The third-order valence-electron chi connectivity index (χ3n) is 4.88. The van der Waals surface area contributed by atoms with Gasteiger partial charge in [-0.05, 0) is 28.8 Å². The maximum atomic E-state index is 13.5. The molecule has 0 aliphatic carbocycles. The highest BCUT2D eigenvalue weighted by Gasteiger charge is 2.40. The van der Waals surface area contributed by atoms with Crippen molar-refractivity contribution in [3.8, 4) is 0 Å². The molecule has 5 heteroatoms. The topological polar surface area (TPSA) is 17.8 Å². The predicted octanol–water partition coefficient (Wildman–Crippen LogP) is 5.74. The Balaban J connectivity index is 2.10. The van der Waals surface area contributed by atoms with Crippen molar-refractivity contribution >= 4 is 0 Å². The Morgan fingerprint density at radius 3 is 1.68 bits per heavy atom. The molecule has 0 saturated carbocycles. The van der Waals surface area contributed by atoms with Crippen molar-refractivity contribution in [2.75, 3.05) is 0 Å². The van der Waals surface area contributed by atoms with Crippen LogP contribution in [0, 0.1) is 0 Å². The lowest BCUT2D eigenvalue weighted by atomic mass is 9.76. The molecule has 0 aliphatic rings. The first-order valence-corrected chi connectivity index (χ1v) is 8.80. The lowest BCUT2D eigenvalue weighted by Crippen LogP contribution is -2.37. The molecule has 140 valence electrons. The summed E-state index contributed by atoms with van der Waals surface area (Å²) in [6, 6.07) is 24.5. The minimum absolute atomic E-state index is 0.512. The van der Waals surface area contributed by atoms with Gasteiger partial charge in [0.05, 0.1) is 11.9 Å². The van der Waals surface area contributed by atoms with Crippen molar-refractivity contribution in [1.29, 1.82) is 0 Å². The molecule has 0 radical (unpaired) electrons. The number of alkyl halides is 3. The minimum atomic E-state index is -4.43. The monoisotopic (exact) mass is 378 g/mol. The highest BCUT2D eigenvalue weighted by atomic mass is 19.4. The molecule has 2 nitrogen and oxygen atoms in total. The summed E-state index contributed by atoms with van der Waals surface area (Å²) in [7, 11) is 0. The Hall–Kier alpha value is -3.34.